The Morgan fingerprint density at radius 2 is 2.04 bits per heavy atom. The summed E-state index contributed by atoms with van der Waals surface area (Å²) in [5, 5.41) is 8.96. The summed E-state index contributed by atoms with van der Waals surface area (Å²) in [7, 11) is 0. The lowest BCUT2D eigenvalue weighted by Gasteiger charge is -2.38. The maximum Gasteiger partial charge on any atom is 0.338 e. The summed E-state index contributed by atoms with van der Waals surface area (Å²) in [4.78, 5) is 25.3. The van der Waals surface area contributed by atoms with Gasteiger partial charge in [0.2, 0.25) is 0 Å². The van der Waals surface area contributed by atoms with Crippen molar-refractivity contribution in [2.75, 3.05) is 13.2 Å². The summed E-state index contributed by atoms with van der Waals surface area (Å²) in [6.45, 7) is 4.72. The number of carbonyl (C=O) groups is 2. The van der Waals surface area contributed by atoms with Crippen molar-refractivity contribution in [3.8, 4) is 0 Å². The maximum atomic E-state index is 12.7. The van der Waals surface area contributed by atoms with Crippen molar-refractivity contribution in [2.45, 2.75) is 26.0 Å². The lowest BCUT2D eigenvalue weighted by molar-refractivity contribution is -0.0497. The summed E-state index contributed by atoms with van der Waals surface area (Å²) in [6, 6.07) is 9.06. The second-order valence-corrected chi connectivity index (χ2v) is 5.99. The standard InChI is InChI=1S/C18H19NO5/c1-11-5-3-4-6-14(11)16-8-19(12(2)9-23-16)17(20)15-7-13(10-24-15)18(21)22/h3-7,10,12,16H,8-9H2,1-2H3,(H,21,22). The third kappa shape index (κ3) is 3.05. The third-order valence-corrected chi connectivity index (χ3v) is 4.29. The molecular formula is C18H19NO5. The molecule has 1 N–H and O–H groups in total. The Kier molecular flexibility index (Phi) is 4.40. The zero-order valence-corrected chi connectivity index (χ0v) is 13.6. The van der Waals surface area contributed by atoms with Crippen LogP contribution in [0.4, 0.5) is 0 Å². The SMILES string of the molecule is Cc1ccccc1C1CN(C(=O)c2cc(C(=O)O)co2)C(C)CO1. The number of aryl methyl sites for hydroxylation is 1. The predicted octanol–water partition coefficient (Wildman–Crippen LogP) is 2.89. The highest BCUT2D eigenvalue weighted by Crippen LogP contribution is 2.28. The largest absolute Gasteiger partial charge is 0.478 e. The van der Waals surface area contributed by atoms with Gasteiger partial charge in [-0.1, -0.05) is 24.3 Å². The summed E-state index contributed by atoms with van der Waals surface area (Å²) in [5.74, 6) is -1.41. The van der Waals surface area contributed by atoms with Gasteiger partial charge in [-0.3, -0.25) is 4.79 Å². The molecule has 2 unspecified atom stereocenters. The Morgan fingerprint density at radius 3 is 2.71 bits per heavy atom. The highest BCUT2D eigenvalue weighted by Gasteiger charge is 2.33. The first kappa shape index (κ1) is 16.3. The van der Waals surface area contributed by atoms with Gasteiger partial charge in [-0.05, 0) is 25.0 Å². The van der Waals surface area contributed by atoms with Crippen LogP contribution in [0.1, 0.15) is 45.1 Å². The fourth-order valence-electron chi connectivity index (χ4n) is 2.88. The average molecular weight is 329 g/mol. The number of benzene rings is 1. The average Bonchev–Trinajstić information content (AvgIpc) is 3.06. The number of hydrogen-bond acceptors (Lipinski definition) is 4. The molecule has 24 heavy (non-hydrogen) atoms. The number of ether oxygens (including phenoxy) is 1. The highest BCUT2D eigenvalue weighted by atomic mass is 16.5. The van der Waals surface area contributed by atoms with E-state index in [1.807, 2.05) is 38.1 Å². The first-order valence-corrected chi connectivity index (χ1v) is 7.77. The van der Waals surface area contributed by atoms with E-state index >= 15 is 0 Å². The van der Waals surface area contributed by atoms with Crippen molar-refractivity contribution in [1.29, 1.82) is 0 Å². The number of furan rings is 1. The lowest BCUT2D eigenvalue weighted by Crippen LogP contribution is -2.48. The summed E-state index contributed by atoms with van der Waals surface area (Å²) >= 11 is 0. The van der Waals surface area contributed by atoms with Crippen LogP contribution in [-0.4, -0.2) is 41.1 Å². The number of rotatable bonds is 3. The van der Waals surface area contributed by atoms with Gasteiger partial charge in [0.05, 0.1) is 24.8 Å². The van der Waals surface area contributed by atoms with Gasteiger partial charge >= 0.3 is 5.97 Å². The van der Waals surface area contributed by atoms with Gasteiger partial charge in [-0.15, -0.1) is 0 Å². The molecule has 1 saturated heterocycles. The number of nitrogens with zero attached hydrogens (tertiary/aromatic N) is 1. The Hall–Kier alpha value is -2.60. The van der Waals surface area contributed by atoms with E-state index in [4.69, 9.17) is 14.3 Å². The number of amides is 1. The van der Waals surface area contributed by atoms with Gasteiger partial charge in [-0.25, -0.2) is 4.79 Å². The van der Waals surface area contributed by atoms with E-state index in [-0.39, 0.29) is 29.4 Å². The smallest absolute Gasteiger partial charge is 0.338 e. The molecule has 126 valence electrons. The minimum Gasteiger partial charge on any atom is -0.478 e. The quantitative estimate of drug-likeness (QED) is 0.936. The molecule has 0 saturated carbocycles. The third-order valence-electron chi connectivity index (χ3n) is 4.29. The molecule has 1 aromatic heterocycles. The number of carbonyl (C=O) groups excluding carboxylic acids is 1. The second kappa shape index (κ2) is 6.49. The van der Waals surface area contributed by atoms with Crippen molar-refractivity contribution in [3.63, 3.8) is 0 Å². The first-order valence-electron chi connectivity index (χ1n) is 7.77. The van der Waals surface area contributed by atoms with Gasteiger partial charge in [0.25, 0.3) is 5.91 Å². The maximum absolute atomic E-state index is 12.7. The van der Waals surface area contributed by atoms with Crippen molar-refractivity contribution in [2.24, 2.45) is 0 Å². The van der Waals surface area contributed by atoms with Gasteiger partial charge in [0.15, 0.2) is 5.76 Å². The number of aromatic carboxylic acids is 1. The van der Waals surface area contributed by atoms with Crippen molar-refractivity contribution < 1.29 is 23.8 Å². The molecule has 1 aliphatic heterocycles. The van der Waals surface area contributed by atoms with E-state index in [2.05, 4.69) is 0 Å². The molecule has 3 rings (SSSR count). The van der Waals surface area contributed by atoms with E-state index in [0.29, 0.717) is 13.2 Å². The Labute approximate surface area is 139 Å². The van der Waals surface area contributed by atoms with Gasteiger partial charge in [-0.2, -0.15) is 0 Å². The van der Waals surface area contributed by atoms with Crippen LogP contribution in [0.2, 0.25) is 0 Å². The Bertz CT molecular complexity index is 766. The highest BCUT2D eigenvalue weighted by molar-refractivity contribution is 5.95. The molecular weight excluding hydrogens is 310 g/mol. The van der Waals surface area contributed by atoms with Crippen molar-refractivity contribution >= 4 is 11.9 Å². The first-order chi connectivity index (χ1) is 11.5. The van der Waals surface area contributed by atoms with Crippen LogP contribution in [0, 0.1) is 6.92 Å². The molecule has 0 bridgehead atoms. The van der Waals surface area contributed by atoms with Crippen LogP contribution in [0.5, 0.6) is 0 Å². The van der Waals surface area contributed by atoms with Gasteiger partial charge in [0, 0.05) is 6.07 Å². The molecule has 0 radical (unpaired) electrons. The minimum atomic E-state index is -1.12. The minimum absolute atomic E-state index is 0.0321. The van der Waals surface area contributed by atoms with E-state index < -0.39 is 5.97 Å². The number of carboxylic acids is 1. The van der Waals surface area contributed by atoms with Crippen molar-refractivity contribution in [1.82, 2.24) is 4.90 Å². The molecule has 6 nitrogen and oxygen atoms in total. The number of carboxylic acid groups (broad SMARTS) is 1. The van der Waals surface area contributed by atoms with Crippen LogP contribution >= 0.6 is 0 Å². The molecule has 1 amide bonds. The fraction of sp³-hybridized carbons (Fsp3) is 0.333. The van der Waals surface area contributed by atoms with Crippen LogP contribution in [0.25, 0.3) is 0 Å². The molecule has 1 fully saturated rings. The van der Waals surface area contributed by atoms with Gasteiger partial charge in [0.1, 0.15) is 12.4 Å². The number of hydrogen-bond donors (Lipinski definition) is 1. The molecule has 1 aromatic carbocycles. The second-order valence-electron chi connectivity index (χ2n) is 5.99. The molecule has 0 spiro atoms. The van der Waals surface area contributed by atoms with E-state index in [1.165, 1.54) is 6.07 Å². The fourth-order valence-corrected chi connectivity index (χ4v) is 2.88. The topological polar surface area (TPSA) is 80.0 Å². The van der Waals surface area contributed by atoms with Crippen LogP contribution in [0.3, 0.4) is 0 Å². The van der Waals surface area contributed by atoms with E-state index in [9.17, 15) is 9.59 Å². The Morgan fingerprint density at radius 1 is 1.29 bits per heavy atom. The van der Waals surface area contributed by atoms with E-state index in [1.54, 1.807) is 4.90 Å². The van der Waals surface area contributed by atoms with E-state index in [0.717, 1.165) is 17.4 Å². The zero-order chi connectivity index (χ0) is 17.3. The normalized spacial score (nSPS) is 20.8. The lowest BCUT2D eigenvalue weighted by atomic mass is 10.0. The summed E-state index contributed by atoms with van der Waals surface area (Å²) in [5.41, 5.74) is 2.12. The molecule has 2 heterocycles. The number of morpholine rings is 1. The molecule has 0 aliphatic carbocycles. The van der Waals surface area contributed by atoms with Crippen LogP contribution < -0.4 is 0 Å². The zero-order valence-electron chi connectivity index (χ0n) is 13.6. The molecule has 2 aromatic rings. The molecule has 2 atom stereocenters. The monoisotopic (exact) mass is 329 g/mol. The van der Waals surface area contributed by atoms with Gasteiger partial charge < -0.3 is 19.2 Å². The molecule has 6 heteroatoms. The molecule has 1 aliphatic rings. The Balaban J connectivity index is 1.82. The summed E-state index contributed by atoms with van der Waals surface area (Å²) < 4.78 is 11.0. The van der Waals surface area contributed by atoms with Crippen molar-refractivity contribution in [3.05, 3.63) is 59.0 Å². The predicted molar refractivity (Wildman–Crippen MR) is 86.0 cm³/mol. The van der Waals surface area contributed by atoms with Crippen LogP contribution in [0.15, 0.2) is 41.0 Å². The van der Waals surface area contributed by atoms with Crippen LogP contribution in [-0.2, 0) is 4.74 Å². The summed E-state index contributed by atoms with van der Waals surface area (Å²) in [6.07, 6.45) is 0.875.